The maximum atomic E-state index is 12.8. The van der Waals surface area contributed by atoms with Crippen molar-refractivity contribution in [2.45, 2.75) is 38.5 Å². The van der Waals surface area contributed by atoms with Crippen LogP contribution in [0.2, 0.25) is 0 Å². The Kier molecular flexibility index (Phi) is 5.49. The highest BCUT2D eigenvalue weighted by molar-refractivity contribution is 5.95. The molecule has 138 valence electrons. The van der Waals surface area contributed by atoms with Crippen LogP contribution in [-0.4, -0.2) is 62.9 Å². The molecule has 1 aromatic carbocycles. The summed E-state index contributed by atoms with van der Waals surface area (Å²) in [7, 11) is 4.07. The molecule has 6 nitrogen and oxygen atoms in total. The Morgan fingerprint density at radius 2 is 1.96 bits per heavy atom. The van der Waals surface area contributed by atoms with Gasteiger partial charge in [0.05, 0.1) is 31.4 Å². The summed E-state index contributed by atoms with van der Waals surface area (Å²) in [6.07, 6.45) is 1.24. The molecule has 2 aliphatic rings. The molecule has 4 atom stereocenters. The van der Waals surface area contributed by atoms with Gasteiger partial charge in [0.2, 0.25) is 0 Å². The van der Waals surface area contributed by atoms with E-state index in [1.54, 1.807) is 18.2 Å². The van der Waals surface area contributed by atoms with Gasteiger partial charge in [-0.1, -0.05) is 0 Å². The molecule has 1 aliphatic carbocycles. The average Bonchev–Trinajstić information content (AvgIpc) is 2.97. The quantitative estimate of drug-likeness (QED) is 0.816. The van der Waals surface area contributed by atoms with Gasteiger partial charge in [-0.25, -0.2) is 0 Å². The summed E-state index contributed by atoms with van der Waals surface area (Å²) in [4.78, 5) is 14.9. The molecule has 0 radical (unpaired) electrons. The standard InChI is InChI=1S/C19H28N2O4/c1-5-23-14-8-7-12(11-15(14)24-6-2)19(22)20-16-13-9-10-25-18(13)17(16)21(3)4/h7-8,11,13,16-18H,5-6,9-10H2,1-4H3,(H,20,22)/t13-,16+,17-,18-/m1/s1. The molecular weight excluding hydrogens is 320 g/mol. The normalized spacial score (nSPS) is 27.6. The van der Waals surface area contributed by atoms with Crippen LogP contribution >= 0.6 is 0 Å². The lowest BCUT2D eigenvalue weighted by molar-refractivity contribution is -0.0664. The molecule has 3 rings (SSSR count). The highest BCUT2D eigenvalue weighted by Gasteiger charge is 2.55. The lowest BCUT2D eigenvalue weighted by atomic mass is 9.71. The Bertz CT molecular complexity index is 619. The summed E-state index contributed by atoms with van der Waals surface area (Å²) in [5.74, 6) is 1.61. The van der Waals surface area contributed by atoms with E-state index in [1.165, 1.54) is 0 Å². The van der Waals surface area contributed by atoms with Crippen molar-refractivity contribution in [1.29, 1.82) is 0 Å². The van der Waals surface area contributed by atoms with E-state index in [2.05, 4.69) is 10.2 Å². The molecule has 0 spiro atoms. The lowest BCUT2D eigenvalue weighted by Gasteiger charge is -2.50. The Morgan fingerprint density at radius 3 is 2.64 bits per heavy atom. The molecule has 0 bridgehead atoms. The van der Waals surface area contributed by atoms with Gasteiger partial charge in [-0.15, -0.1) is 0 Å². The fraction of sp³-hybridized carbons (Fsp3) is 0.632. The third kappa shape index (κ3) is 3.46. The summed E-state index contributed by atoms with van der Waals surface area (Å²) in [6.45, 7) is 5.70. The van der Waals surface area contributed by atoms with E-state index in [1.807, 2.05) is 27.9 Å². The monoisotopic (exact) mass is 348 g/mol. The largest absolute Gasteiger partial charge is 0.490 e. The SMILES string of the molecule is CCOc1ccc(C(=O)N[C@H]2[C@H]3CCO[C@H]3[C@@H]2N(C)C)cc1OCC. The number of hydrogen-bond donors (Lipinski definition) is 1. The molecule has 1 aliphatic heterocycles. The minimum Gasteiger partial charge on any atom is -0.490 e. The third-order valence-electron chi connectivity index (χ3n) is 5.05. The second-order valence-corrected chi connectivity index (χ2v) is 6.77. The minimum absolute atomic E-state index is 0.0776. The number of ether oxygens (including phenoxy) is 3. The molecule has 1 saturated heterocycles. The number of likely N-dealkylation sites (N-methyl/N-ethyl adjacent to an activating group) is 1. The van der Waals surface area contributed by atoms with Crippen molar-refractivity contribution in [2.75, 3.05) is 33.9 Å². The van der Waals surface area contributed by atoms with E-state index in [0.29, 0.717) is 36.2 Å². The number of fused-ring (bicyclic) bond motifs is 1. The summed E-state index contributed by atoms with van der Waals surface area (Å²) >= 11 is 0. The molecule has 1 N–H and O–H groups in total. The number of nitrogens with one attached hydrogen (secondary N) is 1. The van der Waals surface area contributed by atoms with Crippen LogP contribution in [0.15, 0.2) is 18.2 Å². The van der Waals surface area contributed by atoms with Crippen molar-refractivity contribution < 1.29 is 19.0 Å². The minimum atomic E-state index is -0.0776. The number of carbonyl (C=O) groups is 1. The van der Waals surface area contributed by atoms with E-state index >= 15 is 0 Å². The number of amides is 1. The first-order chi connectivity index (χ1) is 12.1. The van der Waals surface area contributed by atoms with Crippen LogP contribution in [0.1, 0.15) is 30.6 Å². The van der Waals surface area contributed by atoms with Gasteiger partial charge in [0.25, 0.3) is 5.91 Å². The zero-order valence-electron chi connectivity index (χ0n) is 15.5. The summed E-state index contributed by atoms with van der Waals surface area (Å²) in [5.41, 5.74) is 0.590. The molecule has 1 saturated carbocycles. The van der Waals surface area contributed by atoms with E-state index < -0.39 is 0 Å². The molecule has 6 heteroatoms. The van der Waals surface area contributed by atoms with Gasteiger partial charge in [0.1, 0.15) is 0 Å². The number of benzene rings is 1. The fourth-order valence-electron chi connectivity index (χ4n) is 3.91. The van der Waals surface area contributed by atoms with Gasteiger partial charge in [-0.2, -0.15) is 0 Å². The Labute approximate surface area is 149 Å². The number of carbonyl (C=O) groups excluding carboxylic acids is 1. The molecule has 0 unspecified atom stereocenters. The van der Waals surface area contributed by atoms with Crippen molar-refractivity contribution in [2.24, 2.45) is 5.92 Å². The fourth-order valence-corrected chi connectivity index (χ4v) is 3.91. The van der Waals surface area contributed by atoms with Crippen LogP contribution in [0.25, 0.3) is 0 Å². The van der Waals surface area contributed by atoms with Gasteiger partial charge in [-0.05, 0) is 52.6 Å². The van der Waals surface area contributed by atoms with Gasteiger partial charge in [0.15, 0.2) is 11.5 Å². The molecule has 2 fully saturated rings. The van der Waals surface area contributed by atoms with E-state index in [9.17, 15) is 4.79 Å². The van der Waals surface area contributed by atoms with Crippen molar-refractivity contribution in [1.82, 2.24) is 10.2 Å². The average molecular weight is 348 g/mol. The summed E-state index contributed by atoms with van der Waals surface area (Å²) in [6, 6.07) is 5.70. The molecule has 0 aromatic heterocycles. The second kappa shape index (κ2) is 7.62. The number of nitrogens with zero attached hydrogens (tertiary/aromatic N) is 1. The zero-order chi connectivity index (χ0) is 18.0. The Morgan fingerprint density at radius 1 is 1.24 bits per heavy atom. The van der Waals surface area contributed by atoms with Gasteiger partial charge in [0, 0.05) is 18.1 Å². The van der Waals surface area contributed by atoms with Crippen molar-refractivity contribution in [3.63, 3.8) is 0 Å². The van der Waals surface area contributed by atoms with Crippen molar-refractivity contribution in [3.8, 4) is 11.5 Å². The van der Waals surface area contributed by atoms with E-state index in [-0.39, 0.29) is 24.1 Å². The topological polar surface area (TPSA) is 60.0 Å². The van der Waals surface area contributed by atoms with E-state index in [0.717, 1.165) is 13.0 Å². The zero-order valence-corrected chi connectivity index (χ0v) is 15.5. The smallest absolute Gasteiger partial charge is 0.251 e. The maximum Gasteiger partial charge on any atom is 0.251 e. The van der Waals surface area contributed by atoms with Crippen molar-refractivity contribution in [3.05, 3.63) is 23.8 Å². The van der Waals surface area contributed by atoms with E-state index in [4.69, 9.17) is 14.2 Å². The molecular formula is C19H28N2O4. The van der Waals surface area contributed by atoms with Gasteiger partial charge < -0.3 is 24.4 Å². The Hall–Kier alpha value is -1.79. The van der Waals surface area contributed by atoms with Crippen LogP contribution in [0.3, 0.4) is 0 Å². The molecule has 1 aromatic rings. The lowest BCUT2D eigenvalue weighted by Crippen LogP contribution is -2.69. The van der Waals surface area contributed by atoms with Crippen LogP contribution in [-0.2, 0) is 4.74 Å². The van der Waals surface area contributed by atoms with Crippen LogP contribution in [0, 0.1) is 5.92 Å². The van der Waals surface area contributed by atoms with Gasteiger partial charge >= 0.3 is 0 Å². The first-order valence-corrected chi connectivity index (χ1v) is 9.05. The second-order valence-electron chi connectivity index (χ2n) is 6.77. The first kappa shape index (κ1) is 18.0. The number of hydrogen-bond acceptors (Lipinski definition) is 5. The number of rotatable bonds is 7. The van der Waals surface area contributed by atoms with Crippen LogP contribution in [0.4, 0.5) is 0 Å². The summed E-state index contributed by atoms with van der Waals surface area (Å²) in [5, 5.41) is 3.20. The third-order valence-corrected chi connectivity index (χ3v) is 5.05. The molecule has 1 amide bonds. The molecule has 25 heavy (non-hydrogen) atoms. The maximum absolute atomic E-state index is 12.8. The summed E-state index contributed by atoms with van der Waals surface area (Å²) < 4.78 is 17.0. The Balaban J connectivity index is 1.73. The highest BCUT2D eigenvalue weighted by Crippen LogP contribution is 2.41. The first-order valence-electron chi connectivity index (χ1n) is 9.05. The molecule has 1 heterocycles. The predicted octanol–water partition coefficient (Wildman–Crippen LogP) is 1.93. The van der Waals surface area contributed by atoms with Gasteiger partial charge in [-0.3, -0.25) is 4.79 Å². The predicted molar refractivity (Wildman–Crippen MR) is 95.4 cm³/mol. The highest BCUT2D eigenvalue weighted by atomic mass is 16.5. The van der Waals surface area contributed by atoms with Crippen LogP contribution in [0.5, 0.6) is 11.5 Å². The van der Waals surface area contributed by atoms with Crippen LogP contribution < -0.4 is 14.8 Å². The van der Waals surface area contributed by atoms with Crippen molar-refractivity contribution >= 4 is 5.91 Å².